The lowest BCUT2D eigenvalue weighted by atomic mass is 10.1. The van der Waals surface area contributed by atoms with Gasteiger partial charge in [0.15, 0.2) is 0 Å². The van der Waals surface area contributed by atoms with Gasteiger partial charge in [-0.3, -0.25) is 4.79 Å². The molecule has 4 rings (SSSR count). The topological polar surface area (TPSA) is 75.9 Å². The van der Waals surface area contributed by atoms with Gasteiger partial charge < -0.3 is 9.88 Å². The largest absolute Gasteiger partial charge is 0.353 e. The molecule has 27 heavy (non-hydrogen) atoms. The summed E-state index contributed by atoms with van der Waals surface area (Å²) in [7, 11) is 1.99. The number of aryl methyl sites for hydroxylation is 1. The van der Waals surface area contributed by atoms with Crippen molar-refractivity contribution in [3.8, 4) is 5.69 Å². The minimum Gasteiger partial charge on any atom is -0.353 e. The first-order valence-corrected chi connectivity index (χ1v) is 8.79. The third kappa shape index (κ3) is 3.76. The van der Waals surface area contributed by atoms with E-state index < -0.39 is 0 Å². The van der Waals surface area contributed by atoms with Crippen LogP contribution in [0.15, 0.2) is 55.0 Å². The maximum atomic E-state index is 13.3. The first-order chi connectivity index (χ1) is 13.1. The number of nitrogens with one attached hydrogen (secondary N) is 3. The molecule has 7 nitrogen and oxygen atoms in total. The number of aromatic nitrogens is 3. The lowest BCUT2D eigenvalue weighted by Crippen LogP contribution is -2.42. The van der Waals surface area contributed by atoms with E-state index in [2.05, 4.69) is 21.3 Å². The maximum Gasteiger partial charge on any atom is 0.238 e. The molecule has 1 aromatic carbocycles. The Balaban J connectivity index is 1.33. The minimum absolute atomic E-state index is 0.0716. The van der Waals surface area contributed by atoms with Gasteiger partial charge in [0, 0.05) is 37.2 Å². The molecule has 1 aliphatic rings. The second-order valence-electron chi connectivity index (χ2n) is 6.66. The van der Waals surface area contributed by atoms with Crippen LogP contribution in [0.1, 0.15) is 23.7 Å². The van der Waals surface area contributed by atoms with E-state index in [1.54, 1.807) is 29.2 Å². The summed E-state index contributed by atoms with van der Waals surface area (Å²) in [6.45, 7) is 0.362. The van der Waals surface area contributed by atoms with Gasteiger partial charge in [-0.25, -0.2) is 19.9 Å². The van der Waals surface area contributed by atoms with Crippen LogP contribution in [0.5, 0.6) is 0 Å². The highest BCUT2D eigenvalue weighted by Gasteiger charge is 2.30. The van der Waals surface area contributed by atoms with Crippen LogP contribution in [0, 0.1) is 5.82 Å². The number of carbonyl (C=O) groups excluding carboxylic acids is 1. The summed E-state index contributed by atoms with van der Waals surface area (Å²) in [5.41, 5.74) is 8.85. The van der Waals surface area contributed by atoms with Gasteiger partial charge in [0.2, 0.25) is 5.91 Å². The second kappa shape index (κ2) is 7.34. The highest BCUT2D eigenvalue weighted by atomic mass is 19.1. The molecular weight excluding hydrogens is 347 g/mol. The SMILES string of the molecule is Cn1cccc1C1CC(C(=O)NCc2cnn(-c3cccc(F)c3)c2)NN1. The average molecular weight is 368 g/mol. The molecule has 3 heterocycles. The number of nitrogens with zero attached hydrogens (tertiary/aromatic N) is 3. The number of hydrogen-bond acceptors (Lipinski definition) is 4. The van der Waals surface area contributed by atoms with Crippen LogP contribution < -0.4 is 16.2 Å². The van der Waals surface area contributed by atoms with Crippen LogP contribution in [0.4, 0.5) is 4.39 Å². The Kier molecular flexibility index (Phi) is 4.74. The Morgan fingerprint density at radius 3 is 3.00 bits per heavy atom. The molecule has 0 bridgehead atoms. The van der Waals surface area contributed by atoms with Gasteiger partial charge in [-0.2, -0.15) is 5.10 Å². The summed E-state index contributed by atoms with van der Waals surface area (Å²) in [6, 6.07) is 10.0. The van der Waals surface area contributed by atoms with Crippen molar-refractivity contribution in [3.05, 3.63) is 72.1 Å². The smallest absolute Gasteiger partial charge is 0.238 e. The average Bonchev–Trinajstić information content (AvgIpc) is 3.40. The number of carbonyl (C=O) groups is 1. The van der Waals surface area contributed by atoms with E-state index >= 15 is 0 Å². The van der Waals surface area contributed by atoms with Crippen LogP contribution in [0.25, 0.3) is 5.69 Å². The third-order valence-corrected chi connectivity index (χ3v) is 4.74. The van der Waals surface area contributed by atoms with E-state index in [1.165, 1.54) is 12.1 Å². The Morgan fingerprint density at radius 1 is 1.33 bits per heavy atom. The zero-order valence-corrected chi connectivity index (χ0v) is 14.9. The molecule has 8 heteroatoms. The number of benzene rings is 1. The minimum atomic E-state index is -0.314. The lowest BCUT2D eigenvalue weighted by Gasteiger charge is -2.11. The highest BCUT2D eigenvalue weighted by molar-refractivity contribution is 5.82. The molecule has 0 aliphatic carbocycles. The molecule has 1 fully saturated rings. The monoisotopic (exact) mass is 368 g/mol. The van der Waals surface area contributed by atoms with Crippen molar-refractivity contribution < 1.29 is 9.18 Å². The summed E-state index contributed by atoms with van der Waals surface area (Å²) < 4.78 is 17.0. The fourth-order valence-corrected chi connectivity index (χ4v) is 3.28. The van der Waals surface area contributed by atoms with Crippen molar-refractivity contribution in [1.82, 2.24) is 30.5 Å². The van der Waals surface area contributed by atoms with Crippen LogP contribution in [-0.4, -0.2) is 26.3 Å². The van der Waals surface area contributed by atoms with Crippen molar-refractivity contribution in [2.45, 2.75) is 25.0 Å². The van der Waals surface area contributed by atoms with Crippen molar-refractivity contribution in [2.24, 2.45) is 7.05 Å². The Morgan fingerprint density at radius 2 is 2.22 bits per heavy atom. The van der Waals surface area contributed by atoms with Crippen LogP contribution in [0.2, 0.25) is 0 Å². The summed E-state index contributed by atoms with van der Waals surface area (Å²) in [4.78, 5) is 12.4. The molecular formula is C19H21FN6O. The van der Waals surface area contributed by atoms with E-state index in [4.69, 9.17) is 0 Å². The van der Waals surface area contributed by atoms with Gasteiger partial charge in [-0.15, -0.1) is 0 Å². The maximum absolute atomic E-state index is 13.3. The summed E-state index contributed by atoms with van der Waals surface area (Å²) in [5, 5.41) is 7.15. The van der Waals surface area contributed by atoms with Gasteiger partial charge in [-0.1, -0.05) is 6.07 Å². The standard InChI is InChI=1S/C19H21FN6O/c1-25-7-3-6-18(25)16-9-17(24-23-16)19(27)21-10-13-11-22-26(12-13)15-5-2-4-14(20)8-15/h2-8,11-12,16-17,23-24H,9-10H2,1H3,(H,21,27). The molecule has 1 saturated heterocycles. The molecule has 140 valence electrons. The number of rotatable bonds is 5. The van der Waals surface area contributed by atoms with Crippen molar-refractivity contribution in [3.63, 3.8) is 0 Å². The normalized spacial score (nSPS) is 19.3. The molecule has 3 N–H and O–H groups in total. The Hall–Kier alpha value is -2.97. The van der Waals surface area contributed by atoms with Gasteiger partial charge in [0.25, 0.3) is 0 Å². The van der Waals surface area contributed by atoms with E-state index in [1.807, 2.05) is 29.9 Å². The van der Waals surface area contributed by atoms with Crippen molar-refractivity contribution in [1.29, 1.82) is 0 Å². The molecule has 1 amide bonds. The highest BCUT2D eigenvalue weighted by Crippen LogP contribution is 2.22. The molecule has 2 aromatic heterocycles. The molecule has 2 unspecified atom stereocenters. The fourth-order valence-electron chi connectivity index (χ4n) is 3.28. The Labute approximate surface area is 156 Å². The van der Waals surface area contributed by atoms with Crippen molar-refractivity contribution in [2.75, 3.05) is 0 Å². The predicted molar refractivity (Wildman–Crippen MR) is 98.2 cm³/mol. The first kappa shape index (κ1) is 17.4. The van der Waals surface area contributed by atoms with E-state index in [9.17, 15) is 9.18 Å². The van der Waals surface area contributed by atoms with Crippen LogP contribution >= 0.6 is 0 Å². The van der Waals surface area contributed by atoms with E-state index in [0.717, 1.165) is 11.3 Å². The van der Waals surface area contributed by atoms with Crippen molar-refractivity contribution >= 4 is 5.91 Å². The third-order valence-electron chi connectivity index (χ3n) is 4.74. The quantitative estimate of drug-likeness (QED) is 0.639. The molecule has 2 atom stereocenters. The number of amides is 1. The number of halogens is 1. The Bertz CT molecular complexity index is 949. The van der Waals surface area contributed by atoms with Crippen LogP contribution in [0.3, 0.4) is 0 Å². The first-order valence-electron chi connectivity index (χ1n) is 8.79. The van der Waals surface area contributed by atoms with E-state index in [0.29, 0.717) is 18.7 Å². The summed E-state index contributed by atoms with van der Waals surface area (Å²) in [5.74, 6) is -0.386. The van der Waals surface area contributed by atoms with Gasteiger partial charge in [0.1, 0.15) is 11.9 Å². The number of hydrogen-bond donors (Lipinski definition) is 3. The zero-order valence-electron chi connectivity index (χ0n) is 14.9. The van der Waals surface area contributed by atoms with Gasteiger partial charge >= 0.3 is 0 Å². The van der Waals surface area contributed by atoms with Crippen LogP contribution in [-0.2, 0) is 18.4 Å². The molecule has 3 aromatic rings. The van der Waals surface area contributed by atoms with Gasteiger partial charge in [0.05, 0.1) is 17.9 Å². The summed E-state index contributed by atoms with van der Waals surface area (Å²) >= 11 is 0. The molecule has 0 radical (unpaired) electrons. The summed E-state index contributed by atoms with van der Waals surface area (Å²) in [6.07, 6.45) is 6.10. The molecule has 0 spiro atoms. The zero-order chi connectivity index (χ0) is 18.8. The van der Waals surface area contributed by atoms with Gasteiger partial charge in [-0.05, 0) is 36.8 Å². The van der Waals surface area contributed by atoms with E-state index in [-0.39, 0.29) is 23.8 Å². The second-order valence-corrected chi connectivity index (χ2v) is 6.66. The molecule has 1 aliphatic heterocycles. The molecule has 0 saturated carbocycles. The lowest BCUT2D eigenvalue weighted by molar-refractivity contribution is -0.123. The number of hydrazine groups is 1. The predicted octanol–water partition coefficient (Wildman–Crippen LogP) is 1.57. The fraction of sp³-hybridized carbons (Fsp3) is 0.263.